The van der Waals surface area contributed by atoms with Gasteiger partial charge in [-0.3, -0.25) is 0 Å². The number of fused-ring (bicyclic) bond motifs is 1. The van der Waals surface area contributed by atoms with Gasteiger partial charge in [-0.15, -0.1) is 0 Å². The Morgan fingerprint density at radius 3 is 2.34 bits per heavy atom. The van der Waals surface area contributed by atoms with Crippen LogP contribution in [0.5, 0.6) is 0 Å². The van der Waals surface area contributed by atoms with Crippen molar-refractivity contribution in [3.63, 3.8) is 0 Å². The molecule has 2 atom stereocenters. The highest BCUT2D eigenvalue weighted by Crippen LogP contribution is 2.66. The van der Waals surface area contributed by atoms with Crippen LogP contribution in [0.25, 0.3) is 10.9 Å². The first-order valence-corrected chi connectivity index (χ1v) is 12.7. The lowest BCUT2D eigenvalue weighted by Crippen LogP contribution is -2.63. The summed E-state index contributed by atoms with van der Waals surface area (Å²) in [5.41, 5.74) is 6.70. The zero-order valence-electron chi connectivity index (χ0n) is 19.7. The Bertz CT molecular complexity index is 1170. The minimum Gasteiger partial charge on any atom is -0.340 e. The van der Waals surface area contributed by atoms with Gasteiger partial charge in [0.15, 0.2) is 0 Å². The summed E-state index contributed by atoms with van der Waals surface area (Å²) in [5, 5.41) is 6.40. The molecular weight excluding hydrogens is 412 g/mol. The summed E-state index contributed by atoms with van der Waals surface area (Å²) in [7, 11) is 0. The Labute approximate surface area is 197 Å². The zero-order valence-corrected chi connectivity index (χ0v) is 20.4. The maximum Gasteiger partial charge on any atom is 0.0493 e. The van der Waals surface area contributed by atoms with Gasteiger partial charge in [-0.1, -0.05) is 61.8 Å². The molecule has 4 aliphatic carbocycles. The van der Waals surface area contributed by atoms with E-state index in [2.05, 4.69) is 67.1 Å². The second kappa shape index (κ2) is 7.11. The van der Waals surface area contributed by atoms with Crippen LogP contribution in [0.4, 0.5) is 0 Å². The van der Waals surface area contributed by atoms with Crippen molar-refractivity contribution in [2.45, 2.75) is 77.9 Å². The van der Waals surface area contributed by atoms with E-state index in [1.54, 1.807) is 0 Å². The predicted molar refractivity (Wildman–Crippen MR) is 134 cm³/mol. The Morgan fingerprint density at radius 2 is 1.62 bits per heavy atom. The van der Waals surface area contributed by atoms with Gasteiger partial charge in [-0.25, -0.2) is 0 Å². The molecule has 4 saturated carbocycles. The minimum atomic E-state index is 0.321. The summed E-state index contributed by atoms with van der Waals surface area (Å²) in [5.74, 6) is 0.913. The Kier molecular flexibility index (Phi) is 4.63. The maximum absolute atomic E-state index is 6.52. The third kappa shape index (κ3) is 3.33. The van der Waals surface area contributed by atoms with E-state index in [9.17, 15) is 0 Å². The molecule has 0 aliphatic heterocycles. The second-order valence-electron chi connectivity index (χ2n) is 12.0. The number of hydrogen-bond acceptors (Lipinski definition) is 1. The molecule has 0 amide bonds. The van der Waals surface area contributed by atoms with E-state index in [0.717, 1.165) is 24.0 Å². The fourth-order valence-electron chi connectivity index (χ4n) is 8.65. The van der Waals surface area contributed by atoms with Crippen molar-refractivity contribution in [1.29, 1.82) is 0 Å². The molecule has 1 heterocycles. The van der Waals surface area contributed by atoms with Gasteiger partial charge in [0.25, 0.3) is 0 Å². The van der Waals surface area contributed by atoms with Gasteiger partial charge in [0.2, 0.25) is 0 Å². The van der Waals surface area contributed by atoms with Crippen molar-refractivity contribution < 1.29 is 0 Å². The van der Waals surface area contributed by atoms with E-state index >= 15 is 0 Å². The van der Waals surface area contributed by atoms with Crippen LogP contribution in [-0.4, -0.2) is 10.1 Å². The molecule has 1 aromatic heterocycles. The van der Waals surface area contributed by atoms with Crippen LogP contribution >= 0.6 is 11.6 Å². The highest BCUT2D eigenvalue weighted by molar-refractivity contribution is 6.31. The first-order valence-electron chi connectivity index (χ1n) is 12.3. The monoisotopic (exact) mass is 446 g/mol. The number of para-hydroxylation sites is 1. The predicted octanol–water partition coefficient (Wildman–Crippen LogP) is 7.49. The molecule has 168 valence electrons. The van der Waals surface area contributed by atoms with Crippen molar-refractivity contribution in [3.8, 4) is 0 Å². The molecule has 32 heavy (non-hydrogen) atoms. The smallest absolute Gasteiger partial charge is 0.0493 e. The quantitative estimate of drug-likeness (QED) is 0.429. The van der Waals surface area contributed by atoms with Crippen LogP contribution in [-0.2, 0) is 13.1 Å². The molecule has 7 rings (SSSR count). The molecule has 0 spiro atoms. The van der Waals surface area contributed by atoms with Crippen LogP contribution in [0.1, 0.15) is 69.2 Å². The molecule has 3 aromatic rings. The van der Waals surface area contributed by atoms with E-state index in [0.29, 0.717) is 16.4 Å². The molecule has 4 fully saturated rings. The Morgan fingerprint density at radius 1 is 0.938 bits per heavy atom. The van der Waals surface area contributed by atoms with E-state index in [-0.39, 0.29) is 0 Å². The lowest BCUT2D eigenvalue weighted by atomic mass is 9.43. The molecule has 1 N–H and O–H groups in total. The van der Waals surface area contributed by atoms with Crippen LogP contribution in [0.15, 0.2) is 48.5 Å². The Hall–Kier alpha value is -1.77. The number of halogens is 1. The standard InChI is InChI=1S/C29H35ClN2/c1-20-24(15-31-29-14-21-12-27(2,18-29)17-28(3,13-21)19-29)23-9-5-7-11-26(23)32(20)16-22-8-4-6-10-25(22)30/h4-11,21,31H,12-19H2,1-3H3. The molecule has 0 saturated heterocycles. The van der Waals surface area contributed by atoms with Gasteiger partial charge in [-0.05, 0) is 85.5 Å². The highest BCUT2D eigenvalue weighted by atomic mass is 35.5. The minimum absolute atomic E-state index is 0.321. The molecule has 2 nitrogen and oxygen atoms in total. The third-order valence-corrected chi connectivity index (χ3v) is 9.28. The molecule has 3 heteroatoms. The fraction of sp³-hybridized carbons (Fsp3) is 0.517. The summed E-state index contributed by atoms with van der Waals surface area (Å²) in [6, 6.07) is 17.1. The first kappa shape index (κ1) is 20.8. The summed E-state index contributed by atoms with van der Waals surface area (Å²) >= 11 is 6.52. The second-order valence-corrected chi connectivity index (χ2v) is 12.4. The van der Waals surface area contributed by atoms with Crippen LogP contribution < -0.4 is 5.32 Å². The largest absolute Gasteiger partial charge is 0.340 e. The highest BCUT2D eigenvalue weighted by Gasteiger charge is 2.59. The molecular formula is C29H35ClN2. The zero-order chi connectivity index (χ0) is 22.1. The lowest BCUT2D eigenvalue weighted by Gasteiger charge is -2.65. The summed E-state index contributed by atoms with van der Waals surface area (Å²) in [6.07, 6.45) is 8.39. The van der Waals surface area contributed by atoms with Crippen molar-refractivity contribution in [2.24, 2.45) is 16.7 Å². The topological polar surface area (TPSA) is 17.0 Å². The number of benzene rings is 2. The number of nitrogens with one attached hydrogen (secondary N) is 1. The van der Waals surface area contributed by atoms with Gasteiger partial charge in [0.1, 0.15) is 0 Å². The lowest BCUT2D eigenvalue weighted by molar-refractivity contribution is -0.118. The van der Waals surface area contributed by atoms with Gasteiger partial charge in [-0.2, -0.15) is 0 Å². The van der Waals surface area contributed by atoms with E-state index in [1.165, 1.54) is 66.2 Å². The maximum atomic E-state index is 6.52. The van der Waals surface area contributed by atoms with Gasteiger partial charge < -0.3 is 9.88 Å². The molecule has 4 aliphatic rings. The van der Waals surface area contributed by atoms with Crippen molar-refractivity contribution in [1.82, 2.24) is 9.88 Å². The molecule has 2 aromatic carbocycles. The number of aromatic nitrogens is 1. The number of nitrogens with zero attached hydrogens (tertiary/aromatic N) is 1. The summed E-state index contributed by atoms with van der Waals surface area (Å²) in [6.45, 7) is 9.19. The van der Waals surface area contributed by atoms with Crippen molar-refractivity contribution >= 4 is 22.5 Å². The van der Waals surface area contributed by atoms with Gasteiger partial charge in [0, 0.05) is 40.2 Å². The summed E-state index contributed by atoms with van der Waals surface area (Å²) < 4.78 is 2.45. The third-order valence-electron chi connectivity index (χ3n) is 8.91. The van der Waals surface area contributed by atoms with Gasteiger partial charge in [0.05, 0.1) is 0 Å². The average molecular weight is 447 g/mol. The number of rotatable bonds is 5. The molecule has 0 radical (unpaired) electrons. The van der Waals surface area contributed by atoms with Crippen molar-refractivity contribution in [3.05, 3.63) is 70.4 Å². The Balaban J connectivity index is 1.33. The molecule has 4 bridgehead atoms. The van der Waals surface area contributed by atoms with E-state index in [1.807, 2.05) is 12.1 Å². The van der Waals surface area contributed by atoms with Crippen molar-refractivity contribution in [2.75, 3.05) is 0 Å². The van der Waals surface area contributed by atoms with Crippen LogP contribution in [0.3, 0.4) is 0 Å². The van der Waals surface area contributed by atoms with Gasteiger partial charge >= 0.3 is 0 Å². The first-order chi connectivity index (χ1) is 15.3. The normalized spacial score (nSPS) is 33.3. The summed E-state index contributed by atoms with van der Waals surface area (Å²) in [4.78, 5) is 0. The fourth-order valence-corrected chi connectivity index (χ4v) is 8.84. The molecule has 2 unspecified atom stereocenters. The number of hydrogen-bond donors (Lipinski definition) is 1. The van der Waals surface area contributed by atoms with E-state index in [4.69, 9.17) is 11.6 Å². The van der Waals surface area contributed by atoms with Crippen LogP contribution in [0, 0.1) is 23.7 Å². The van der Waals surface area contributed by atoms with E-state index < -0.39 is 0 Å². The van der Waals surface area contributed by atoms with Crippen LogP contribution in [0.2, 0.25) is 5.02 Å². The average Bonchev–Trinajstić information content (AvgIpc) is 2.97. The SMILES string of the molecule is Cc1c(CNC23CC4CC(C)(CC(C)(C4)C2)C3)c2ccccc2n1Cc1ccccc1Cl.